The smallest absolute Gasteiger partial charge is 0.321 e. The summed E-state index contributed by atoms with van der Waals surface area (Å²) in [6, 6.07) is 7.54. The van der Waals surface area contributed by atoms with Gasteiger partial charge < -0.3 is 20.2 Å². The molecule has 0 bridgehead atoms. The van der Waals surface area contributed by atoms with Crippen LogP contribution in [0.2, 0.25) is 0 Å². The average molecular weight is 277 g/mol. The molecule has 0 aliphatic carbocycles. The van der Waals surface area contributed by atoms with Gasteiger partial charge in [0.2, 0.25) is 0 Å². The second-order valence-electron chi connectivity index (χ2n) is 5.62. The lowest BCUT2D eigenvalue weighted by atomic mass is 9.96. The van der Waals surface area contributed by atoms with Crippen LogP contribution in [0.3, 0.4) is 0 Å². The number of urea groups is 1. The number of rotatable bonds is 2. The molecule has 2 N–H and O–H groups in total. The molecule has 1 saturated heterocycles. The van der Waals surface area contributed by atoms with Gasteiger partial charge in [0.25, 0.3) is 0 Å². The van der Waals surface area contributed by atoms with Gasteiger partial charge in [-0.1, -0.05) is 19.1 Å². The van der Waals surface area contributed by atoms with Crippen molar-refractivity contribution in [1.29, 1.82) is 0 Å². The van der Waals surface area contributed by atoms with E-state index in [2.05, 4.69) is 5.32 Å². The Morgan fingerprint density at radius 1 is 1.40 bits per heavy atom. The number of hydrogen-bond acceptors (Lipinski definition) is 3. The summed E-state index contributed by atoms with van der Waals surface area (Å²) >= 11 is 0. The van der Waals surface area contributed by atoms with E-state index in [1.54, 1.807) is 4.90 Å². The first-order valence-corrected chi connectivity index (χ1v) is 6.99. The summed E-state index contributed by atoms with van der Waals surface area (Å²) in [4.78, 5) is 15.9. The lowest BCUT2D eigenvalue weighted by Gasteiger charge is -2.34. The van der Waals surface area contributed by atoms with Crippen molar-refractivity contribution in [2.24, 2.45) is 5.92 Å². The van der Waals surface area contributed by atoms with Gasteiger partial charge in [0, 0.05) is 27.2 Å². The van der Waals surface area contributed by atoms with Gasteiger partial charge in [-0.2, -0.15) is 0 Å². The molecule has 2 unspecified atom stereocenters. The Morgan fingerprint density at radius 2 is 2.10 bits per heavy atom. The molecule has 1 aliphatic rings. The minimum atomic E-state index is -0.432. The number of carbonyl (C=O) groups excluding carboxylic acids is 1. The molecule has 0 saturated carbocycles. The van der Waals surface area contributed by atoms with E-state index in [1.165, 1.54) is 0 Å². The van der Waals surface area contributed by atoms with E-state index in [-0.39, 0.29) is 11.9 Å². The molecule has 1 aliphatic heterocycles. The van der Waals surface area contributed by atoms with E-state index in [9.17, 15) is 9.90 Å². The van der Waals surface area contributed by atoms with Crippen molar-refractivity contribution in [2.45, 2.75) is 19.4 Å². The molecule has 5 nitrogen and oxygen atoms in total. The van der Waals surface area contributed by atoms with Crippen molar-refractivity contribution in [1.82, 2.24) is 4.90 Å². The summed E-state index contributed by atoms with van der Waals surface area (Å²) in [5, 5.41) is 12.8. The zero-order chi connectivity index (χ0) is 14.7. The second kappa shape index (κ2) is 6.13. The molecular weight excluding hydrogens is 254 g/mol. The molecule has 2 rings (SSSR count). The van der Waals surface area contributed by atoms with Crippen molar-refractivity contribution in [3.63, 3.8) is 0 Å². The van der Waals surface area contributed by atoms with Crippen LogP contribution in [0.1, 0.15) is 13.3 Å². The third-order valence-corrected chi connectivity index (χ3v) is 3.83. The van der Waals surface area contributed by atoms with Crippen LogP contribution in [-0.2, 0) is 0 Å². The number of aliphatic hydroxyl groups is 1. The number of aliphatic hydroxyl groups excluding tert-OH is 1. The van der Waals surface area contributed by atoms with Gasteiger partial charge in [-0.3, -0.25) is 0 Å². The van der Waals surface area contributed by atoms with Gasteiger partial charge in [0.1, 0.15) is 0 Å². The molecule has 0 spiro atoms. The summed E-state index contributed by atoms with van der Waals surface area (Å²) in [6.45, 7) is 3.10. The highest BCUT2D eigenvalue weighted by Crippen LogP contribution is 2.24. The van der Waals surface area contributed by atoms with E-state index in [0.717, 1.165) is 17.8 Å². The lowest BCUT2D eigenvalue weighted by molar-refractivity contribution is 0.0464. The quantitative estimate of drug-likeness (QED) is 0.869. The molecule has 2 amide bonds. The van der Waals surface area contributed by atoms with Crippen LogP contribution in [0.15, 0.2) is 24.3 Å². The highest BCUT2D eigenvalue weighted by Gasteiger charge is 2.27. The molecule has 110 valence electrons. The number of hydrogen-bond donors (Lipinski definition) is 2. The molecule has 20 heavy (non-hydrogen) atoms. The summed E-state index contributed by atoms with van der Waals surface area (Å²) in [5.74, 6) is 0.258. The van der Waals surface area contributed by atoms with Gasteiger partial charge in [0.15, 0.2) is 0 Å². The first kappa shape index (κ1) is 14.7. The molecule has 1 fully saturated rings. The van der Waals surface area contributed by atoms with Gasteiger partial charge in [0.05, 0.1) is 17.5 Å². The fraction of sp³-hybridized carbons (Fsp3) is 0.533. The van der Waals surface area contributed by atoms with Gasteiger partial charge in [-0.05, 0) is 24.5 Å². The summed E-state index contributed by atoms with van der Waals surface area (Å²) < 4.78 is 0. The Balaban J connectivity index is 2.05. The Labute approximate surface area is 120 Å². The van der Waals surface area contributed by atoms with E-state index >= 15 is 0 Å². The molecule has 0 aromatic heterocycles. The van der Waals surface area contributed by atoms with E-state index in [4.69, 9.17) is 0 Å². The molecular formula is C15H23N3O2. The van der Waals surface area contributed by atoms with E-state index in [1.807, 2.05) is 50.2 Å². The SMILES string of the molecule is CC1CCN(C(=O)Nc2ccccc2N(C)C)CC1O. The fourth-order valence-corrected chi connectivity index (χ4v) is 2.40. The minimum Gasteiger partial charge on any atom is -0.391 e. The molecule has 5 heteroatoms. The standard InChI is InChI=1S/C15H23N3O2/c1-11-8-9-18(10-14(11)19)15(20)16-12-6-4-5-7-13(12)17(2)3/h4-7,11,14,19H,8-10H2,1-3H3,(H,16,20). The number of β-amino-alcohol motifs (C(OH)–C–C–N with tert-alkyl or cyclic N) is 1. The molecule has 1 aromatic rings. The zero-order valence-corrected chi connectivity index (χ0v) is 12.3. The molecule has 1 heterocycles. The van der Waals surface area contributed by atoms with Crippen molar-refractivity contribution in [3.8, 4) is 0 Å². The minimum absolute atomic E-state index is 0.148. The maximum Gasteiger partial charge on any atom is 0.321 e. The van der Waals surface area contributed by atoms with Crippen LogP contribution in [0.4, 0.5) is 16.2 Å². The highest BCUT2D eigenvalue weighted by atomic mass is 16.3. The van der Waals surface area contributed by atoms with Crippen LogP contribution in [-0.4, -0.2) is 49.3 Å². The molecule has 2 atom stereocenters. The van der Waals surface area contributed by atoms with Gasteiger partial charge in [-0.15, -0.1) is 0 Å². The van der Waals surface area contributed by atoms with Crippen LogP contribution in [0.5, 0.6) is 0 Å². The Morgan fingerprint density at radius 3 is 2.75 bits per heavy atom. The van der Waals surface area contributed by atoms with Crippen molar-refractivity contribution < 1.29 is 9.90 Å². The number of piperidine rings is 1. The first-order chi connectivity index (χ1) is 9.49. The number of para-hydroxylation sites is 2. The van der Waals surface area contributed by atoms with Gasteiger partial charge >= 0.3 is 6.03 Å². The topological polar surface area (TPSA) is 55.8 Å². The maximum absolute atomic E-state index is 12.3. The lowest BCUT2D eigenvalue weighted by Crippen LogP contribution is -2.47. The summed E-state index contributed by atoms with van der Waals surface area (Å²) in [6.07, 6.45) is 0.405. The van der Waals surface area contributed by atoms with E-state index < -0.39 is 6.10 Å². The number of nitrogens with one attached hydrogen (secondary N) is 1. The normalized spacial score (nSPS) is 22.5. The number of benzene rings is 1. The fourth-order valence-electron chi connectivity index (χ4n) is 2.40. The van der Waals surface area contributed by atoms with Crippen molar-refractivity contribution in [3.05, 3.63) is 24.3 Å². The summed E-state index contributed by atoms with van der Waals surface area (Å²) in [7, 11) is 3.88. The third-order valence-electron chi connectivity index (χ3n) is 3.83. The Hall–Kier alpha value is -1.75. The number of amides is 2. The van der Waals surface area contributed by atoms with Crippen molar-refractivity contribution in [2.75, 3.05) is 37.4 Å². The number of carbonyl (C=O) groups is 1. The van der Waals surface area contributed by atoms with Crippen LogP contribution < -0.4 is 10.2 Å². The summed E-state index contributed by atoms with van der Waals surface area (Å²) in [5.41, 5.74) is 1.75. The third kappa shape index (κ3) is 3.22. The van der Waals surface area contributed by atoms with Gasteiger partial charge in [-0.25, -0.2) is 4.79 Å². The number of nitrogens with zero attached hydrogens (tertiary/aromatic N) is 2. The predicted octanol–water partition coefficient (Wildman–Crippen LogP) is 1.99. The monoisotopic (exact) mass is 277 g/mol. The zero-order valence-electron chi connectivity index (χ0n) is 12.3. The predicted molar refractivity (Wildman–Crippen MR) is 81.1 cm³/mol. The van der Waals surface area contributed by atoms with Crippen LogP contribution >= 0.6 is 0 Å². The Kier molecular flexibility index (Phi) is 4.49. The average Bonchev–Trinajstić information content (AvgIpc) is 2.42. The number of likely N-dealkylation sites (tertiary alicyclic amines) is 1. The molecule has 1 aromatic carbocycles. The molecule has 0 radical (unpaired) electrons. The van der Waals surface area contributed by atoms with Crippen molar-refractivity contribution >= 4 is 17.4 Å². The van der Waals surface area contributed by atoms with Crippen LogP contribution in [0.25, 0.3) is 0 Å². The second-order valence-corrected chi connectivity index (χ2v) is 5.62. The Bertz CT molecular complexity index is 476. The highest BCUT2D eigenvalue weighted by molar-refractivity contribution is 5.93. The number of anilines is 2. The largest absolute Gasteiger partial charge is 0.391 e. The van der Waals surface area contributed by atoms with E-state index in [0.29, 0.717) is 13.1 Å². The first-order valence-electron chi connectivity index (χ1n) is 6.99. The van der Waals surface area contributed by atoms with Crippen LogP contribution in [0, 0.1) is 5.92 Å². The maximum atomic E-state index is 12.3.